The summed E-state index contributed by atoms with van der Waals surface area (Å²) in [6, 6.07) is 6.15. The Balaban J connectivity index is 1.92. The molecule has 0 unspecified atom stereocenters. The lowest BCUT2D eigenvalue weighted by molar-refractivity contribution is -0.145. The highest BCUT2D eigenvalue weighted by atomic mass is 16.5. The zero-order valence-corrected chi connectivity index (χ0v) is 15.2. The van der Waals surface area contributed by atoms with E-state index in [1.807, 2.05) is 25.2 Å². The molecule has 138 valence electrons. The SMILES string of the molecule is COc1ccc(CCN(C)[C@H]2CCCN(C(=O)C(N)=O)C2)cc1OC. The number of carbonyl (C=O) groups is 2. The van der Waals surface area contributed by atoms with E-state index in [1.54, 1.807) is 19.1 Å². The summed E-state index contributed by atoms with van der Waals surface area (Å²) in [4.78, 5) is 26.7. The number of likely N-dealkylation sites (tertiary alicyclic amines) is 1. The van der Waals surface area contributed by atoms with Crippen LogP contribution < -0.4 is 15.2 Å². The summed E-state index contributed by atoms with van der Waals surface area (Å²) >= 11 is 0. The van der Waals surface area contributed by atoms with Crippen LogP contribution in [0.15, 0.2) is 18.2 Å². The zero-order valence-electron chi connectivity index (χ0n) is 15.2. The number of hydrogen-bond acceptors (Lipinski definition) is 5. The van der Waals surface area contributed by atoms with Gasteiger partial charge in [0.15, 0.2) is 11.5 Å². The van der Waals surface area contributed by atoms with E-state index in [4.69, 9.17) is 15.2 Å². The van der Waals surface area contributed by atoms with Gasteiger partial charge < -0.3 is 25.0 Å². The molecule has 1 aliphatic heterocycles. The molecular formula is C18H27N3O4. The number of carbonyl (C=O) groups excluding carboxylic acids is 2. The minimum Gasteiger partial charge on any atom is -0.493 e. The highest BCUT2D eigenvalue weighted by Crippen LogP contribution is 2.27. The van der Waals surface area contributed by atoms with Crippen LogP contribution in [0.2, 0.25) is 0 Å². The summed E-state index contributed by atoms with van der Waals surface area (Å²) in [7, 11) is 5.29. The fourth-order valence-electron chi connectivity index (χ4n) is 3.18. The minimum absolute atomic E-state index is 0.234. The number of benzene rings is 1. The molecule has 1 atom stereocenters. The smallest absolute Gasteiger partial charge is 0.311 e. The molecule has 1 fully saturated rings. The Morgan fingerprint density at radius 3 is 2.64 bits per heavy atom. The Morgan fingerprint density at radius 2 is 2.00 bits per heavy atom. The van der Waals surface area contributed by atoms with Crippen LogP contribution in [-0.4, -0.2) is 68.6 Å². The van der Waals surface area contributed by atoms with E-state index in [0.29, 0.717) is 18.8 Å². The number of primary amides is 1. The van der Waals surface area contributed by atoms with E-state index in [-0.39, 0.29) is 6.04 Å². The van der Waals surface area contributed by atoms with Crippen LogP contribution in [0.25, 0.3) is 0 Å². The van der Waals surface area contributed by atoms with Gasteiger partial charge in [-0.2, -0.15) is 0 Å². The summed E-state index contributed by atoms with van der Waals surface area (Å²) in [6.45, 7) is 1.99. The van der Waals surface area contributed by atoms with Crippen molar-refractivity contribution in [2.75, 3.05) is 40.9 Å². The number of methoxy groups -OCH3 is 2. The van der Waals surface area contributed by atoms with Gasteiger partial charge in [0.2, 0.25) is 0 Å². The number of piperidine rings is 1. The van der Waals surface area contributed by atoms with Gasteiger partial charge in [-0.05, 0) is 44.0 Å². The average Bonchev–Trinajstić information content (AvgIpc) is 2.65. The molecule has 0 bridgehead atoms. The molecule has 1 aromatic rings. The predicted octanol–water partition coefficient (Wildman–Crippen LogP) is 0.654. The van der Waals surface area contributed by atoms with Crippen LogP contribution in [0.3, 0.4) is 0 Å². The number of nitrogens with two attached hydrogens (primary N) is 1. The van der Waals surface area contributed by atoms with Crippen LogP contribution in [0.4, 0.5) is 0 Å². The van der Waals surface area contributed by atoms with Gasteiger partial charge in [-0.25, -0.2) is 0 Å². The van der Waals surface area contributed by atoms with Gasteiger partial charge in [0.25, 0.3) is 0 Å². The van der Waals surface area contributed by atoms with E-state index in [0.717, 1.165) is 37.1 Å². The molecule has 1 aliphatic rings. The van der Waals surface area contributed by atoms with Gasteiger partial charge in [0.05, 0.1) is 14.2 Å². The second kappa shape index (κ2) is 8.71. The highest BCUT2D eigenvalue weighted by Gasteiger charge is 2.28. The molecular weight excluding hydrogens is 322 g/mol. The molecule has 7 nitrogen and oxygen atoms in total. The first-order valence-corrected chi connectivity index (χ1v) is 8.46. The largest absolute Gasteiger partial charge is 0.493 e. The molecule has 1 aromatic carbocycles. The number of nitrogens with zero attached hydrogens (tertiary/aromatic N) is 2. The maximum atomic E-state index is 11.8. The summed E-state index contributed by atoms with van der Waals surface area (Å²) in [5, 5.41) is 0. The predicted molar refractivity (Wildman–Crippen MR) is 94.7 cm³/mol. The monoisotopic (exact) mass is 349 g/mol. The third kappa shape index (κ3) is 4.85. The first-order chi connectivity index (χ1) is 12.0. The van der Waals surface area contributed by atoms with Gasteiger partial charge in [0.1, 0.15) is 0 Å². The van der Waals surface area contributed by atoms with Gasteiger partial charge in [-0.15, -0.1) is 0 Å². The average molecular weight is 349 g/mol. The van der Waals surface area contributed by atoms with E-state index in [9.17, 15) is 9.59 Å². The molecule has 0 aromatic heterocycles. The van der Waals surface area contributed by atoms with Crippen molar-refractivity contribution in [2.45, 2.75) is 25.3 Å². The third-order valence-electron chi connectivity index (χ3n) is 4.72. The van der Waals surface area contributed by atoms with Crippen molar-refractivity contribution >= 4 is 11.8 Å². The third-order valence-corrected chi connectivity index (χ3v) is 4.72. The molecule has 1 saturated heterocycles. The lowest BCUT2D eigenvalue weighted by Gasteiger charge is -2.37. The van der Waals surface area contributed by atoms with E-state index in [1.165, 1.54) is 0 Å². The normalized spacial score (nSPS) is 17.4. The van der Waals surface area contributed by atoms with Crippen molar-refractivity contribution in [2.24, 2.45) is 5.73 Å². The van der Waals surface area contributed by atoms with Gasteiger partial charge >= 0.3 is 11.8 Å². The van der Waals surface area contributed by atoms with Crippen molar-refractivity contribution < 1.29 is 19.1 Å². The number of amides is 2. The second-order valence-electron chi connectivity index (χ2n) is 6.33. The van der Waals surface area contributed by atoms with Gasteiger partial charge in [-0.3, -0.25) is 9.59 Å². The van der Waals surface area contributed by atoms with E-state index in [2.05, 4.69) is 4.90 Å². The number of rotatable bonds is 6. The zero-order chi connectivity index (χ0) is 18.4. The molecule has 0 saturated carbocycles. The maximum Gasteiger partial charge on any atom is 0.311 e. The Labute approximate surface area is 148 Å². The standard InChI is InChI=1S/C18H27N3O4/c1-20(14-5-4-9-21(12-14)18(23)17(19)22)10-8-13-6-7-15(24-2)16(11-13)25-3/h6-7,11,14H,4-5,8-10,12H2,1-3H3,(H2,19,22)/t14-/m0/s1. The first-order valence-electron chi connectivity index (χ1n) is 8.46. The summed E-state index contributed by atoms with van der Waals surface area (Å²) in [5.74, 6) is -0.0299. The summed E-state index contributed by atoms with van der Waals surface area (Å²) < 4.78 is 10.6. The second-order valence-corrected chi connectivity index (χ2v) is 6.33. The molecule has 2 amide bonds. The van der Waals surface area contributed by atoms with Crippen LogP contribution in [0, 0.1) is 0 Å². The summed E-state index contributed by atoms with van der Waals surface area (Å²) in [6.07, 6.45) is 2.74. The highest BCUT2D eigenvalue weighted by molar-refractivity contribution is 6.34. The van der Waals surface area contributed by atoms with Gasteiger partial charge in [0, 0.05) is 25.7 Å². The van der Waals surface area contributed by atoms with Crippen molar-refractivity contribution in [3.63, 3.8) is 0 Å². The van der Waals surface area contributed by atoms with Crippen molar-refractivity contribution in [3.05, 3.63) is 23.8 Å². The molecule has 0 aliphatic carbocycles. The Kier molecular flexibility index (Phi) is 6.64. The van der Waals surface area contributed by atoms with Crippen molar-refractivity contribution in [3.8, 4) is 11.5 Å². The van der Waals surface area contributed by atoms with E-state index < -0.39 is 11.8 Å². The Hall–Kier alpha value is -2.28. The van der Waals surface area contributed by atoms with Gasteiger partial charge in [-0.1, -0.05) is 6.07 Å². The van der Waals surface area contributed by atoms with Crippen LogP contribution >= 0.6 is 0 Å². The molecule has 1 heterocycles. The summed E-state index contributed by atoms with van der Waals surface area (Å²) in [5.41, 5.74) is 6.27. The first kappa shape index (κ1) is 19.1. The van der Waals surface area contributed by atoms with Crippen LogP contribution in [0.5, 0.6) is 11.5 Å². The Bertz CT molecular complexity index is 620. The maximum absolute atomic E-state index is 11.8. The quantitative estimate of drug-likeness (QED) is 0.763. The Morgan fingerprint density at radius 1 is 1.28 bits per heavy atom. The molecule has 2 N–H and O–H groups in total. The molecule has 25 heavy (non-hydrogen) atoms. The van der Waals surface area contributed by atoms with E-state index >= 15 is 0 Å². The van der Waals surface area contributed by atoms with Crippen LogP contribution in [0.1, 0.15) is 18.4 Å². The van der Waals surface area contributed by atoms with Crippen molar-refractivity contribution in [1.29, 1.82) is 0 Å². The fourth-order valence-corrected chi connectivity index (χ4v) is 3.18. The lowest BCUT2D eigenvalue weighted by Crippen LogP contribution is -2.51. The fraction of sp³-hybridized carbons (Fsp3) is 0.556. The minimum atomic E-state index is -0.881. The number of likely N-dealkylation sites (N-methyl/N-ethyl adjacent to an activating group) is 1. The molecule has 0 spiro atoms. The molecule has 2 rings (SSSR count). The topological polar surface area (TPSA) is 85.1 Å². The molecule has 0 radical (unpaired) electrons. The van der Waals surface area contributed by atoms with Crippen LogP contribution in [-0.2, 0) is 16.0 Å². The van der Waals surface area contributed by atoms with Crippen molar-refractivity contribution in [1.82, 2.24) is 9.80 Å². The number of ether oxygens (including phenoxy) is 2. The molecule has 7 heteroatoms. The number of hydrogen-bond donors (Lipinski definition) is 1. The lowest BCUT2D eigenvalue weighted by atomic mass is 10.0.